The summed E-state index contributed by atoms with van der Waals surface area (Å²) in [6.45, 7) is 3.90. The van der Waals surface area contributed by atoms with Crippen LogP contribution in [0, 0.1) is 0 Å². The van der Waals surface area contributed by atoms with Gasteiger partial charge < -0.3 is 9.63 Å². The first kappa shape index (κ1) is 8.20. The molecule has 1 N–H and O–H groups in total. The lowest BCUT2D eigenvalue weighted by Gasteiger charge is -1.98. The SMILES string of the molecule is CCC(C)c1noc(CO)n1. The van der Waals surface area contributed by atoms with Crippen molar-refractivity contribution < 1.29 is 9.63 Å². The molecule has 0 amide bonds. The zero-order chi connectivity index (χ0) is 8.27. The second kappa shape index (κ2) is 3.48. The van der Waals surface area contributed by atoms with Gasteiger partial charge in [-0.25, -0.2) is 0 Å². The molecule has 0 aliphatic carbocycles. The van der Waals surface area contributed by atoms with Gasteiger partial charge in [-0.2, -0.15) is 4.98 Å². The molecule has 4 nitrogen and oxygen atoms in total. The summed E-state index contributed by atoms with van der Waals surface area (Å²) in [6, 6.07) is 0. The third-order valence-electron chi connectivity index (χ3n) is 1.67. The van der Waals surface area contributed by atoms with E-state index in [0.29, 0.717) is 17.6 Å². The van der Waals surface area contributed by atoms with Crippen LogP contribution in [0.1, 0.15) is 37.9 Å². The summed E-state index contributed by atoms with van der Waals surface area (Å²) in [4.78, 5) is 3.97. The lowest BCUT2D eigenvalue weighted by molar-refractivity contribution is 0.222. The summed E-state index contributed by atoms with van der Waals surface area (Å²) in [5, 5.41) is 12.3. The van der Waals surface area contributed by atoms with Gasteiger partial charge in [-0.3, -0.25) is 0 Å². The van der Waals surface area contributed by atoms with E-state index in [9.17, 15) is 0 Å². The van der Waals surface area contributed by atoms with Crippen molar-refractivity contribution >= 4 is 0 Å². The van der Waals surface area contributed by atoms with Gasteiger partial charge in [-0.1, -0.05) is 19.0 Å². The molecule has 0 radical (unpaired) electrons. The van der Waals surface area contributed by atoms with Crippen molar-refractivity contribution in [2.45, 2.75) is 32.8 Å². The van der Waals surface area contributed by atoms with Crippen molar-refractivity contribution in [1.82, 2.24) is 10.1 Å². The molecule has 1 aromatic heterocycles. The average molecular weight is 156 g/mol. The van der Waals surface area contributed by atoms with Gasteiger partial charge in [-0.15, -0.1) is 0 Å². The third kappa shape index (κ3) is 1.77. The van der Waals surface area contributed by atoms with E-state index < -0.39 is 0 Å². The zero-order valence-corrected chi connectivity index (χ0v) is 6.74. The summed E-state index contributed by atoms with van der Waals surface area (Å²) >= 11 is 0. The Morgan fingerprint density at radius 3 is 2.82 bits per heavy atom. The summed E-state index contributed by atoms with van der Waals surface area (Å²) in [7, 11) is 0. The van der Waals surface area contributed by atoms with Crippen LogP contribution in [-0.2, 0) is 6.61 Å². The minimum absolute atomic E-state index is 0.177. The van der Waals surface area contributed by atoms with Gasteiger partial charge in [0.15, 0.2) is 5.82 Å². The van der Waals surface area contributed by atoms with Gasteiger partial charge in [-0.05, 0) is 6.42 Å². The smallest absolute Gasteiger partial charge is 0.252 e. The highest BCUT2D eigenvalue weighted by atomic mass is 16.5. The van der Waals surface area contributed by atoms with Crippen molar-refractivity contribution in [2.75, 3.05) is 0 Å². The Bertz CT molecular complexity index is 222. The number of hydrogen-bond acceptors (Lipinski definition) is 4. The average Bonchev–Trinajstić information content (AvgIpc) is 2.50. The topological polar surface area (TPSA) is 59.2 Å². The number of aromatic nitrogens is 2. The van der Waals surface area contributed by atoms with Crippen LogP contribution in [0.15, 0.2) is 4.52 Å². The molecule has 1 rings (SSSR count). The Kier molecular flexibility index (Phi) is 2.59. The van der Waals surface area contributed by atoms with E-state index in [1.165, 1.54) is 0 Å². The number of aliphatic hydroxyl groups excluding tert-OH is 1. The molecule has 1 unspecified atom stereocenters. The number of aliphatic hydroxyl groups is 1. The molecule has 1 heterocycles. The van der Waals surface area contributed by atoms with Crippen LogP contribution in [0.4, 0.5) is 0 Å². The van der Waals surface area contributed by atoms with E-state index in [2.05, 4.69) is 17.1 Å². The van der Waals surface area contributed by atoms with Crippen LogP contribution in [0.25, 0.3) is 0 Å². The van der Waals surface area contributed by atoms with Crippen LogP contribution < -0.4 is 0 Å². The zero-order valence-electron chi connectivity index (χ0n) is 6.74. The van der Waals surface area contributed by atoms with E-state index in [-0.39, 0.29) is 6.61 Å². The highest BCUT2D eigenvalue weighted by Crippen LogP contribution is 2.14. The standard InChI is InChI=1S/C7H12N2O2/c1-3-5(2)7-8-6(4-10)11-9-7/h5,10H,3-4H2,1-2H3. The third-order valence-corrected chi connectivity index (χ3v) is 1.67. The van der Waals surface area contributed by atoms with E-state index in [1.807, 2.05) is 6.92 Å². The van der Waals surface area contributed by atoms with Crippen LogP contribution >= 0.6 is 0 Å². The van der Waals surface area contributed by atoms with E-state index >= 15 is 0 Å². The van der Waals surface area contributed by atoms with Gasteiger partial charge in [0.1, 0.15) is 6.61 Å². The molecule has 1 aromatic rings. The lowest BCUT2D eigenvalue weighted by atomic mass is 10.1. The van der Waals surface area contributed by atoms with E-state index in [1.54, 1.807) is 0 Å². The number of hydrogen-bond donors (Lipinski definition) is 1. The van der Waals surface area contributed by atoms with Crippen LogP contribution in [0.3, 0.4) is 0 Å². The van der Waals surface area contributed by atoms with Crippen LogP contribution in [-0.4, -0.2) is 15.2 Å². The minimum atomic E-state index is -0.177. The van der Waals surface area contributed by atoms with Crippen LogP contribution in [0.2, 0.25) is 0 Å². The Hall–Kier alpha value is -0.900. The molecule has 62 valence electrons. The van der Waals surface area contributed by atoms with Crippen molar-refractivity contribution in [1.29, 1.82) is 0 Å². The molecular formula is C7H12N2O2. The monoisotopic (exact) mass is 156 g/mol. The maximum atomic E-state index is 8.61. The van der Waals surface area contributed by atoms with E-state index in [0.717, 1.165) is 6.42 Å². The second-order valence-corrected chi connectivity index (χ2v) is 2.51. The molecule has 0 bridgehead atoms. The van der Waals surface area contributed by atoms with Gasteiger partial charge >= 0.3 is 0 Å². The van der Waals surface area contributed by atoms with Crippen molar-refractivity contribution in [3.63, 3.8) is 0 Å². The molecular weight excluding hydrogens is 144 g/mol. The van der Waals surface area contributed by atoms with Crippen molar-refractivity contribution in [3.8, 4) is 0 Å². The number of rotatable bonds is 3. The molecule has 0 aliphatic rings. The fourth-order valence-corrected chi connectivity index (χ4v) is 0.715. The van der Waals surface area contributed by atoms with Crippen LogP contribution in [0.5, 0.6) is 0 Å². The van der Waals surface area contributed by atoms with Gasteiger partial charge in [0.25, 0.3) is 5.89 Å². The molecule has 0 aromatic carbocycles. The maximum absolute atomic E-state index is 8.61. The van der Waals surface area contributed by atoms with Gasteiger partial charge in [0.05, 0.1) is 0 Å². The first-order chi connectivity index (χ1) is 5.27. The summed E-state index contributed by atoms with van der Waals surface area (Å²) in [5.74, 6) is 1.27. The Morgan fingerprint density at radius 1 is 1.64 bits per heavy atom. The molecule has 0 saturated heterocycles. The quantitative estimate of drug-likeness (QED) is 0.711. The molecule has 0 fully saturated rings. The molecule has 11 heavy (non-hydrogen) atoms. The fraction of sp³-hybridized carbons (Fsp3) is 0.714. The van der Waals surface area contributed by atoms with Crippen molar-refractivity contribution in [3.05, 3.63) is 11.7 Å². The van der Waals surface area contributed by atoms with Gasteiger partial charge in [0, 0.05) is 5.92 Å². The summed E-state index contributed by atoms with van der Waals surface area (Å²) in [6.07, 6.45) is 0.977. The largest absolute Gasteiger partial charge is 0.387 e. The first-order valence-electron chi connectivity index (χ1n) is 3.71. The maximum Gasteiger partial charge on any atom is 0.252 e. The summed E-state index contributed by atoms with van der Waals surface area (Å²) < 4.78 is 4.73. The molecule has 0 saturated carbocycles. The number of nitrogens with zero attached hydrogens (tertiary/aromatic N) is 2. The molecule has 0 spiro atoms. The van der Waals surface area contributed by atoms with Crippen molar-refractivity contribution in [2.24, 2.45) is 0 Å². The molecule has 4 heteroatoms. The normalized spacial score (nSPS) is 13.4. The second-order valence-electron chi connectivity index (χ2n) is 2.51. The fourth-order valence-electron chi connectivity index (χ4n) is 0.715. The summed E-state index contributed by atoms with van der Waals surface area (Å²) in [5.41, 5.74) is 0. The Balaban J connectivity index is 2.71. The highest BCUT2D eigenvalue weighted by molar-refractivity contribution is 4.91. The molecule has 1 atom stereocenters. The lowest BCUT2D eigenvalue weighted by Crippen LogP contribution is -1.94. The minimum Gasteiger partial charge on any atom is -0.387 e. The Morgan fingerprint density at radius 2 is 2.36 bits per heavy atom. The Labute approximate surface area is 65.2 Å². The predicted octanol–water partition coefficient (Wildman–Crippen LogP) is 1.08. The van der Waals surface area contributed by atoms with Gasteiger partial charge in [0.2, 0.25) is 0 Å². The van der Waals surface area contributed by atoms with E-state index in [4.69, 9.17) is 9.63 Å². The highest BCUT2D eigenvalue weighted by Gasteiger charge is 2.10. The predicted molar refractivity (Wildman–Crippen MR) is 38.9 cm³/mol. The first-order valence-corrected chi connectivity index (χ1v) is 3.71. The molecule has 0 aliphatic heterocycles.